The number of anilines is 12. The van der Waals surface area contributed by atoms with Gasteiger partial charge in [-0.05, 0) is 229 Å². The van der Waals surface area contributed by atoms with E-state index >= 15 is 0 Å². The highest BCUT2D eigenvalue weighted by Gasteiger charge is 2.16. The fourth-order valence-electron chi connectivity index (χ4n) is 14.9. The number of amides is 1. The normalized spacial score (nSPS) is 12.2. The quantitative estimate of drug-likeness (QED) is 0.0204. The molecule has 0 spiro atoms. The molecule has 2 atom stereocenters. The van der Waals surface area contributed by atoms with Gasteiger partial charge in [-0.25, -0.2) is 69.0 Å². The number of hydrogen-bond acceptors (Lipinski definition) is 26. The molecule has 9 heterocycles. The van der Waals surface area contributed by atoms with Crippen LogP contribution in [0.4, 0.5) is 69.2 Å². The number of nitrogens with one attached hydrogen (secondary N) is 7. The second-order valence-corrected chi connectivity index (χ2v) is 39.3. The monoisotopic (exact) mass is 1960 g/mol. The summed E-state index contributed by atoms with van der Waals surface area (Å²) in [4.78, 5) is 75.4. The summed E-state index contributed by atoms with van der Waals surface area (Å²) >= 11 is 0. The maximum atomic E-state index is 12.2. The molecule has 1 saturated heterocycles. The molecule has 19 rings (SSSR count). The smallest absolute Gasteiger partial charge is 0.248 e. The fourth-order valence-corrected chi connectivity index (χ4v) is 16.3. The average Bonchev–Trinajstić information content (AvgIpc) is 0.822. The fraction of sp³-hybridized carbons (Fsp3) is 0.157. The number of carbonyl (C=O) groups is 1. The van der Waals surface area contributed by atoms with Crippen LogP contribution in [0.5, 0.6) is 0 Å². The Labute approximate surface area is 848 Å². The number of nitrogens with zero attached hydrogens (tertiary/aromatic N) is 15. The number of carbonyl (C=O) groups excluding carboxylic acids is 1. The van der Waals surface area contributed by atoms with Crippen molar-refractivity contribution in [3.63, 3.8) is 0 Å². The molecule has 145 heavy (non-hydrogen) atoms. The first-order valence-electron chi connectivity index (χ1n) is 47.2. The van der Waals surface area contributed by atoms with E-state index in [1.807, 2.05) is 226 Å². The molecule has 8 aromatic heterocycles. The largest absolute Gasteiger partial charge is 0.395 e. The Morgan fingerprint density at radius 1 is 0.338 bits per heavy atom. The zero-order chi connectivity index (χ0) is 102. The summed E-state index contributed by atoms with van der Waals surface area (Å²) in [6.07, 6.45) is 19.3. The first kappa shape index (κ1) is 104. The molecule has 30 heteroatoms. The van der Waals surface area contributed by atoms with E-state index < -0.39 is 25.1 Å². The van der Waals surface area contributed by atoms with E-state index in [0.717, 1.165) is 133 Å². The van der Waals surface area contributed by atoms with Crippen molar-refractivity contribution in [2.45, 2.75) is 83.9 Å². The molecule has 28 nitrogen and oxygen atoms in total. The number of primary amides is 1. The Bertz CT molecular complexity index is 7380. The summed E-state index contributed by atoms with van der Waals surface area (Å²) in [5, 5.41) is 37.4. The van der Waals surface area contributed by atoms with Gasteiger partial charge < -0.3 is 53.0 Å². The third kappa shape index (κ3) is 33.0. The zero-order valence-corrected chi connectivity index (χ0v) is 84.0. The van der Waals surface area contributed by atoms with Gasteiger partial charge >= 0.3 is 0 Å². The molecule has 0 bridgehead atoms. The molecule has 0 radical (unpaired) electrons. The molecule has 1 aliphatic heterocycles. The molecule has 2 unspecified atom stereocenters. The van der Waals surface area contributed by atoms with Crippen molar-refractivity contribution in [3.8, 4) is 67.5 Å². The van der Waals surface area contributed by atoms with Crippen molar-refractivity contribution in [2.24, 2.45) is 10.9 Å². The van der Waals surface area contributed by atoms with Crippen LogP contribution in [0.3, 0.4) is 0 Å². The lowest BCUT2D eigenvalue weighted by Crippen LogP contribution is -2.33. The van der Waals surface area contributed by atoms with Crippen LogP contribution >= 0.6 is 0 Å². The number of aliphatic hydroxyl groups is 1. The van der Waals surface area contributed by atoms with Crippen LogP contribution in [-0.2, 0) is 25.7 Å². The molecule has 0 aliphatic carbocycles. The topological polar surface area (TPSA) is 391 Å². The third-order valence-corrected chi connectivity index (χ3v) is 25.1. The number of piperidine rings is 1. The highest BCUT2D eigenvalue weighted by molar-refractivity contribution is 7.99. The minimum atomic E-state index is -2.76. The molecule has 12 N–H and O–H groups in total. The molecular weight excluding hydrogens is 1850 g/mol. The molecule has 18 aromatic rings. The van der Waals surface area contributed by atoms with Crippen molar-refractivity contribution in [1.82, 2.24) is 74.7 Å². The summed E-state index contributed by atoms with van der Waals surface area (Å²) in [5.41, 5.74) is 31.9. The minimum Gasteiger partial charge on any atom is -0.395 e. The van der Waals surface area contributed by atoms with Crippen LogP contribution in [0.25, 0.3) is 67.5 Å². The second kappa shape index (κ2) is 51.4. The number of pyridine rings is 2. The Hall–Kier alpha value is -17.0. The van der Waals surface area contributed by atoms with Crippen LogP contribution in [0.1, 0.15) is 79.8 Å². The number of rotatable bonds is 28. The maximum absolute atomic E-state index is 12.2. The van der Waals surface area contributed by atoms with Gasteiger partial charge in [-0.1, -0.05) is 185 Å². The van der Waals surface area contributed by atoms with E-state index in [9.17, 15) is 13.2 Å². The first-order valence-corrected chi connectivity index (χ1v) is 51.1. The van der Waals surface area contributed by atoms with Gasteiger partial charge in [0.1, 0.15) is 78.7 Å². The van der Waals surface area contributed by atoms with Gasteiger partial charge in [0, 0.05) is 158 Å². The highest BCUT2D eigenvalue weighted by Crippen LogP contribution is 2.32. The van der Waals surface area contributed by atoms with E-state index in [4.69, 9.17) is 16.0 Å². The first-order chi connectivity index (χ1) is 70.1. The summed E-state index contributed by atoms with van der Waals surface area (Å²) in [5.74, 6) is 12.1. The van der Waals surface area contributed by atoms with Crippen molar-refractivity contribution in [2.75, 3.05) is 82.8 Å². The van der Waals surface area contributed by atoms with Gasteiger partial charge in [-0.2, -0.15) is 0 Å². The van der Waals surface area contributed by atoms with Gasteiger partial charge in [0.25, 0.3) is 0 Å². The van der Waals surface area contributed by atoms with Gasteiger partial charge in [-0.3, -0.25) is 19.1 Å². The lowest BCUT2D eigenvalue weighted by atomic mass is 10.1. The van der Waals surface area contributed by atoms with Crippen molar-refractivity contribution < 1.29 is 18.3 Å². The SMILES string of the molecule is C=S(C)(=O)c1cccc(-c2cc(Nc3ccc(C)cc3)ncn2)c1.C=S(N)(=O)c1cccc(-c2cc(Nc3ccc(C)cc3)ncn2)c1.Cc1ccc(Cc2cc(NCCN3CCCCC3)ncn2)cc1.Cc1ccc(Nc2cc(-c3cccc(C)c3)ncn2)cc1.Cc1ccc(Nc2cc(-c3ccnc(-c4ccc(C(N)=O)cc4)c3)ncn2)cc1.Cc1ccc(Nc2cc(-c3ccnc(NCCO)c3)ncn2)cc1. The molecule has 1 aliphatic rings. The Morgan fingerprint density at radius 2 is 0.683 bits per heavy atom. The summed E-state index contributed by atoms with van der Waals surface area (Å²) in [6.45, 7) is 19.5. The zero-order valence-electron chi connectivity index (χ0n) is 82.3. The van der Waals surface area contributed by atoms with Crippen LogP contribution < -0.4 is 48.1 Å². The molecule has 10 aromatic carbocycles. The maximum Gasteiger partial charge on any atom is 0.248 e. The Morgan fingerprint density at radius 3 is 1.08 bits per heavy atom. The van der Waals surface area contributed by atoms with Gasteiger partial charge in [0.15, 0.2) is 0 Å². The lowest BCUT2D eigenvalue weighted by molar-refractivity contribution is 0.1000. The second-order valence-electron chi connectivity index (χ2n) is 34.9. The number of likely N-dealkylation sites (tertiary alicyclic amines) is 1. The van der Waals surface area contributed by atoms with E-state index in [-0.39, 0.29) is 6.61 Å². The summed E-state index contributed by atoms with van der Waals surface area (Å²) in [6, 6.07) is 98.4. The highest BCUT2D eigenvalue weighted by atomic mass is 32.2. The predicted octanol–water partition coefficient (Wildman–Crippen LogP) is 22.2. The van der Waals surface area contributed by atoms with E-state index in [1.165, 1.54) is 102 Å². The van der Waals surface area contributed by atoms with Crippen LogP contribution in [-0.4, -0.2) is 151 Å². The third-order valence-electron chi connectivity index (χ3n) is 22.8. The van der Waals surface area contributed by atoms with Crippen molar-refractivity contribution >= 4 is 106 Å². The molecule has 1 amide bonds. The number of hydrogen-bond donors (Lipinski definition) is 10. The lowest BCUT2D eigenvalue weighted by Gasteiger charge is -2.26. The molecular formula is C115H118N24O4S2. The minimum absolute atomic E-state index is 0.0596. The molecule has 1 fully saturated rings. The number of nitrogens with two attached hydrogens (primary N) is 2. The van der Waals surface area contributed by atoms with Crippen molar-refractivity contribution in [1.29, 1.82) is 0 Å². The van der Waals surface area contributed by atoms with Crippen LogP contribution in [0, 0.1) is 48.5 Å². The standard InChI is InChI=1S/C23H19N5O.C19H26N4.C19H19N3OS.C18H19N5O.C18H18N4OS.C18H17N3/c1-15-2-8-19(9-3-15)28-22-13-21(26-14-27-22)18-10-11-25-20(12-18)16-4-6-17(7-5-16)23(24)29;1-16-5-7-17(8-6-16)13-18-14-19(22-15-21-18)20-9-12-23-10-3-2-4-11-23;1-14-7-9-16(10-8-14)22-19-12-18(20-13-21-19)15-5-4-6-17(11-15)24(2,3)23;1-13-2-4-15(5-3-13)23-18-11-16(21-12-22-18)14-6-7-19-17(10-14)20-8-9-24;1-13-6-8-15(9-7-13)22-18-11-17(20-12-21-18)14-4-3-5-16(10-14)24(2,19)23;1-13-6-8-16(9-7-13)21-18-11-17(19-12-20-18)15-5-3-4-14(2)10-15/h2-14H,1H3,(H2,24,29)(H,26,27,28);5-8,14-15H,2-4,9-13H2,1H3,(H,20,21,22);4-13H,2H2,1,3H3,(H,20,21,22);2-7,10-12,24H,8-9H2,1H3,(H,19,20)(H,21,22,23);3-12H,2H2,1H3,(H2,19,23)(H,20,21,22);3-12H,1-2H3,(H,19,20,21). The van der Waals surface area contributed by atoms with Crippen molar-refractivity contribution in [3.05, 3.63) is 409 Å². The molecule has 0 saturated carbocycles. The number of benzene rings is 10. The number of aromatic nitrogens is 14. The van der Waals surface area contributed by atoms with Gasteiger partial charge in [0.05, 0.1) is 56.2 Å². The summed E-state index contributed by atoms with van der Waals surface area (Å²) < 4.78 is 24.1. The molecule has 734 valence electrons. The van der Waals surface area contributed by atoms with Gasteiger partial charge in [-0.15, -0.1) is 0 Å². The van der Waals surface area contributed by atoms with Crippen LogP contribution in [0.2, 0.25) is 0 Å². The predicted molar refractivity (Wildman–Crippen MR) is 591 cm³/mol. The van der Waals surface area contributed by atoms with E-state index in [0.29, 0.717) is 50.9 Å². The number of aliphatic hydroxyl groups excluding tert-OH is 1. The Balaban J connectivity index is 0.000000138. The number of aryl methyl sites for hydroxylation is 7. The Kier molecular flexibility index (Phi) is 36.8. The van der Waals surface area contributed by atoms with Gasteiger partial charge in [0.2, 0.25) is 5.91 Å². The summed E-state index contributed by atoms with van der Waals surface area (Å²) in [7, 11) is -5.01. The van der Waals surface area contributed by atoms with Crippen LogP contribution in [0.15, 0.2) is 363 Å². The van der Waals surface area contributed by atoms with E-state index in [1.54, 1.807) is 61.6 Å². The van der Waals surface area contributed by atoms with E-state index in [2.05, 4.69) is 219 Å². The average molecular weight is 1960 g/mol.